The lowest BCUT2D eigenvalue weighted by Crippen LogP contribution is -2.36. The molecule has 1 aliphatic rings. The van der Waals surface area contributed by atoms with Crippen molar-refractivity contribution in [1.29, 1.82) is 0 Å². The molecule has 1 fully saturated rings. The van der Waals surface area contributed by atoms with E-state index in [9.17, 15) is 5.11 Å². The molecular weight excluding hydrogens is 210 g/mol. The van der Waals surface area contributed by atoms with Gasteiger partial charge in [-0.1, -0.05) is 11.6 Å². The number of halogens is 1. The summed E-state index contributed by atoms with van der Waals surface area (Å²) in [6.45, 7) is 2.43. The third-order valence-corrected chi connectivity index (χ3v) is 3.37. The number of benzene rings is 1. The maximum Gasteiger partial charge on any atom is 0.0635 e. The van der Waals surface area contributed by atoms with E-state index in [1.54, 1.807) is 0 Å². The molecule has 2 unspecified atom stereocenters. The molecule has 1 aromatic rings. The number of hydrogen-bond donors (Lipinski definition) is 1. The van der Waals surface area contributed by atoms with Gasteiger partial charge in [-0.05, 0) is 44.0 Å². The van der Waals surface area contributed by atoms with E-state index in [1.165, 1.54) is 0 Å². The summed E-state index contributed by atoms with van der Waals surface area (Å²) in [5, 5.41) is 10.1. The number of nitrogens with zero attached hydrogens (tertiary/aromatic N) is 1. The van der Waals surface area contributed by atoms with Crippen LogP contribution < -0.4 is 4.90 Å². The molecule has 0 bridgehead atoms. The Bertz CT molecular complexity index is 325. The van der Waals surface area contributed by atoms with Crippen molar-refractivity contribution < 1.29 is 5.11 Å². The fourth-order valence-corrected chi connectivity index (χ4v) is 2.46. The Morgan fingerprint density at radius 1 is 1.33 bits per heavy atom. The van der Waals surface area contributed by atoms with Crippen LogP contribution in [0.25, 0.3) is 0 Å². The zero-order valence-corrected chi connectivity index (χ0v) is 9.61. The Labute approximate surface area is 95.5 Å². The van der Waals surface area contributed by atoms with E-state index < -0.39 is 0 Å². The van der Waals surface area contributed by atoms with Crippen molar-refractivity contribution in [3.8, 4) is 0 Å². The maximum absolute atomic E-state index is 9.30. The first kappa shape index (κ1) is 10.8. The van der Waals surface area contributed by atoms with Crippen LogP contribution in [0.2, 0.25) is 5.02 Å². The summed E-state index contributed by atoms with van der Waals surface area (Å²) in [6.07, 6.45) is 2.22. The van der Waals surface area contributed by atoms with Gasteiger partial charge < -0.3 is 10.0 Å². The van der Waals surface area contributed by atoms with Crippen molar-refractivity contribution in [1.82, 2.24) is 0 Å². The highest BCUT2D eigenvalue weighted by atomic mass is 35.5. The minimum absolute atomic E-state index is 0.229. The zero-order valence-electron chi connectivity index (χ0n) is 8.86. The van der Waals surface area contributed by atoms with Crippen LogP contribution in [0.4, 0.5) is 5.69 Å². The van der Waals surface area contributed by atoms with Crippen molar-refractivity contribution in [2.45, 2.75) is 31.8 Å². The van der Waals surface area contributed by atoms with Gasteiger partial charge >= 0.3 is 0 Å². The van der Waals surface area contributed by atoms with Crippen molar-refractivity contribution in [2.75, 3.05) is 11.5 Å². The molecule has 1 aliphatic heterocycles. The first-order valence-corrected chi connectivity index (χ1v) is 5.75. The fourth-order valence-electron chi connectivity index (χ4n) is 2.33. The third-order valence-electron chi connectivity index (χ3n) is 3.12. The van der Waals surface area contributed by atoms with Crippen LogP contribution >= 0.6 is 11.6 Å². The molecule has 82 valence electrons. The highest BCUT2D eigenvalue weighted by Crippen LogP contribution is 2.30. The van der Waals surface area contributed by atoms with Crippen LogP contribution in [-0.2, 0) is 0 Å². The Balaban J connectivity index is 2.24. The van der Waals surface area contributed by atoms with Gasteiger partial charge in [0.2, 0.25) is 0 Å². The van der Waals surface area contributed by atoms with Crippen LogP contribution in [0.5, 0.6) is 0 Å². The zero-order chi connectivity index (χ0) is 10.8. The largest absolute Gasteiger partial charge is 0.394 e. The molecular formula is C12H16ClNO. The second-order valence-corrected chi connectivity index (χ2v) is 4.58. The Morgan fingerprint density at radius 2 is 2.00 bits per heavy atom. The molecule has 2 atom stereocenters. The van der Waals surface area contributed by atoms with Gasteiger partial charge in [0.1, 0.15) is 0 Å². The summed E-state index contributed by atoms with van der Waals surface area (Å²) in [5.41, 5.74) is 1.16. The first-order valence-electron chi connectivity index (χ1n) is 5.37. The van der Waals surface area contributed by atoms with Gasteiger partial charge in [-0.3, -0.25) is 0 Å². The Kier molecular flexibility index (Phi) is 3.17. The van der Waals surface area contributed by atoms with E-state index in [0.717, 1.165) is 23.6 Å². The molecule has 0 aromatic heterocycles. The molecule has 1 N–H and O–H groups in total. The first-order chi connectivity index (χ1) is 7.22. The van der Waals surface area contributed by atoms with Crippen molar-refractivity contribution >= 4 is 17.3 Å². The summed E-state index contributed by atoms with van der Waals surface area (Å²) in [4.78, 5) is 2.29. The molecule has 15 heavy (non-hydrogen) atoms. The average molecular weight is 226 g/mol. The van der Waals surface area contributed by atoms with E-state index in [1.807, 2.05) is 24.3 Å². The van der Waals surface area contributed by atoms with Gasteiger partial charge in [0.15, 0.2) is 0 Å². The molecule has 1 heterocycles. The van der Waals surface area contributed by atoms with Gasteiger partial charge in [0.05, 0.1) is 12.6 Å². The van der Waals surface area contributed by atoms with Gasteiger partial charge in [-0.15, -0.1) is 0 Å². The van der Waals surface area contributed by atoms with Crippen molar-refractivity contribution in [2.24, 2.45) is 0 Å². The summed E-state index contributed by atoms with van der Waals surface area (Å²) < 4.78 is 0. The molecule has 1 aromatic carbocycles. The van der Waals surface area contributed by atoms with Crippen LogP contribution in [0.3, 0.4) is 0 Å². The van der Waals surface area contributed by atoms with Gasteiger partial charge in [-0.2, -0.15) is 0 Å². The summed E-state index contributed by atoms with van der Waals surface area (Å²) in [7, 11) is 0. The van der Waals surface area contributed by atoms with Gasteiger partial charge in [0.25, 0.3) is 0 Å². The monoisotopic (exact) mass is 225 g/mol. The van der Waals surface area contributed by atoms with E-state index in [0.29, 0.717) is 6.04 Å². The smallest absolute Gasteiger partial charge is 0.0635 e. The fraction of sp³-hybridized carbons (Fsp3) is 0.500. The van der Waals surface area contributed by atoms with E-state index in [-0.39, 0.29) is 12.6 Å². The van der Waals surface area contributed by atoms with Crippen LogP contribution in [0.15, 0.2) is 24.3 Å². The van der Waals surface area contributed by atoms with Crippen LogP contribution in [0, 0.1) is 0 Å². The lowest BCUT2D eigenvalue weighted by Gasteiger charge is -2.29. The predicted octanol–water partition coefficient (Wildman–Crippen LogP) is 2.69. The lowest BCUT2D eigenvalue weighted by molar-refractivity contribution is 0.265. The quantitative estimate of drug-likeness (QED) is 0.837. The van der Waals surface area contributed by atoms with Gasteiger partial charge in [-0.25, -0.2) is 0 Å². The number of aliphatic hydroxyl groups excluding tert-OH is 1. The van der Waals surface area contributed by atoms with E-state index in [2.05, 4.69) is 11.8 Å². The molecule has 0 spiro atoms. The minimum atomic E-state index is 0.229. The molecule has 2 rings (SSSR count). The highest BCUT2D eigenvalue weighted by Gasteiger charge is 2.29. The maximum atomic E-state index is 9.30. The number of hydrogen-bond acceptors (Lipinski definition) is 2. The molecule has 0 aliphatic carbocycles. The summed E-state index contributed by atoms with van der Waals surface area (Å²) in [6, 6.07) is 8.61. The number of rotatable bonds is 2. The second kappa shape index (κ2) is 4.42. The molecule has 3 heteroatoms. The normalized spacial score (nSPS) is 25.9. The summed E-state index contributed by atoms with van der Waals surface area (Å²) in [5.74, 6) is 0. The molecule has 0 radical (unpaired) electrons. The SMILES string of the molecule is CC1CCC(CO)N1c1ccc(Cl)cc1. The van der Waals surface area contributed by atoms with Crippen LogP contribution in [-0.4, -0.2) is 23.8 Å². The number of aliphatic hydroxyl groups is 1. The third kappa shape index (κ3) is 2.11. The van der Waals surface area contributed by atoms with E-state index in [4.69, 9.17) is 11.6 Å². The molecule has 0 amide bonds. The summed E-state index contributed by atoms with van der Waals surface area (Å²) >= 11 is 5.86. The molecule has 1 saturated heterocycles. The molecule has 0 saturated carbocycles. The van der Waals surface area contributed by atoms with Crippen molar-refractivity contribution in [3.63, 3.8) is 0 Å². The predicted molar refractivity (Wildman–Crippen MR) is 63.5 cm³/mol. The van der Waals surface area contributed by atoms with E-state index >= 15 is 0 Å². The van der Waals surface area contributed by atoms with Gasteiger partial charge in [0, 0.05) is 16.8 Å². The highest BCUT2D eigenvalue weighted by molar-refractivity contribution is 6.30. The second-order valence-electron chi connectivity index (χ2n) is 4.15. The minimum Gasteiger partial charge on any atom is -0.394 e. The standard InChI is InChI=1S/C12H16ClNO/c1-9-2-5-12(8-15)14(9)11-6-3-10(13)4-7-11/h3-4,6-7,9,12,15H,2,5,8H2,1H3. The topological polar surface area (TPSA) is 23.5 Å². The van der Waals surface area contributed by atoms with Crippen molar-refractivity contribution in [3.05, 3.63) is 29.3 Å². The van der Waals surface area contributed by atoms with Crippen LogP contribution in [0.1, 0.15) is 19.8 Å². The Hall–Kier alpha value is -0.730. The Morgan fingerprint density at radius 3 is 2.60 bits per heavy atom. The average Bonchev–Trinajstić information content (AvgIpc) is 2.61. The number of anilines is 1. The molecule has 2 nitrogen and oxygen atoms in total. The lowest BCUT2D eigenvalue weighted by atomic mass is 10.2.